The first-order chi connectivity index (χ1) is 11.6. The Morgan fingerprint density at radius 2 is 1.29 bits per heavy atom. The fraction of sp³-hybridized carbons (Fsp3) is 0.800. The van der Waals surface area contributed by atoms with Crippen molar-refractivity contribution in [3.63, 3.8) is 0 Å². The van der Waals surface area contributed by atoms with Gasteiger partial charge in [-0.3, -0.25) is 9.59 Å². The summed E-state index contributed by atoms with van der Waals surface area (Å²) in [4.78, 5) is 21.5. The lowest BCUT2D eigenvalue weighted by molar-refractivity contribution is -0.148. The highest BCUT2D eigenvalue weighted by Gasteiger charge is 2.19. The molecule has 140 valence electrons. The number of hydrogen-bond acceptors (Lipinski definition) is 2. The Kier molecular flexibility index (Phi) is 15.6. The molecule has 0 aliphatic rings. The van der Waals surface area contributed by atoms with Crippen molar-refractivity contribution in [2.75, 3.05) is 0 Å². The molecule has 0 fully saturated rings. The van der Waals surface area contributed by atoms with Crippen molar-refractivity contribution in [3.8, 4) is 0 Å². The van der Waals surface area contributed by atoms with Gasteiger partial charge in [0.1, 0.15) is 0 Å². The van der Waals surface area contributed by atoms with Gasteiger partial charge < -0.3 is 10.2 Å². The Morgan fingerprint density at radius 3 is 1.75 bits per heavy atom. The molecule has 1 unspecified atom stereocenters. The second-order valence-electron chi connectivity index (χ2n) is 6.66. The molecule has 0 aliphatic heterocycles. The zero-order valence-electron chi connectivity index (χ0n) is 15.3. The Bertz CT molecular complexity index is 350. The van der Waals surface area contributed by atoms with Crippen molar-refractivity contribution >= 4 is 11.9 Å². The average Bonchev–Trinajstić information content (AvgIpc) is 2.53. The standard InChI is InChI=1S/C20H36O4/c1-2-3-4-5-6-7-8-9-10-11-12-13-14-15-16-18(20(23)24)17-19(21)22/h14-15,18H,2-13,16-17H2,1H3,(H,21,22)(H,23,24). The van der Waals surface area contributed by atoms with Gasteiger partial charge >= 0.3 is 11.9 Å². The lowest BCUT2D eigenvalue weighted by Gasteiger charge is -2.05. The van der Waals surface area contributed by atoms with Gasteiger partial charge in [-0.25, -0.2) is 0 Å². The van der Waals surface area contributed by atoms with Gasteiger partial charge in [-0.05, 0) is 19.3 Å². The van der Waals surface area contributed by atoms with Crippen LogP contribution >= 0.6 is 0 Å². The van der Waals surface area contributed by atoms with Crippen LogP contribution in [0.25, 0.3) is 0 Å². The van der Waals surface area contributed by atoms with E-state index < -0.39 is 17.9 Å². The van der Waals surface area contributed by atoms with E-state index in [2.05, 4.69) is 6.92 Å². The second-order valence-corrected chi connectivity index (χ2v) is 6.66. The third kappa shape index (κ3) is 15.6. The van der Waals surface area contributed by atoms with E-state index in [9.17, 15) is 9.59 Å². The molecule has 0 spiro atoms. The van der Waals surface area contributed by atoms with Crippen molar-refractivity contribution in [1.29, 1.82) is 0 Å². The molecule has 24 heavy (non-hydrogen) atoms. The molecule has 0 amide bonds. The summed E-state index contributed by atoms with van der Waals surface area (Å²) >= 11 is 0. The van der Waals surface area contributed by atoms with E-state index in [-0.39, 0.29) is 6.42 Å². The molecule has 0 aromatic heterocycles. The number of carbonyl (C=O) groups is 2. The predicted octanol–water partition coefficient (Wildman–Crippen LogP) is 5.81. The number of hydrogen-bond donors (Lipinski definition) is 2. The second kappa shape index (κ2) is 16.5. The third-order valence-electron chi connectivity index (χ3n) is 4.33. The first kappa shape index (κ1) is 22.7. The topological polar surface area (TPSA) is 74.6 Å². The molecule has 0 bridgehead atoms. The molecule has 0 heterocycles. The van der Waals surface area contributed by atoms with Crippen LogP contribution < -0.4 is 0 Å². The number of carboxylic acids is 2. The molecule has 0 radical (unpaired) electrons. The Labute approximate surface area is 147 Å². The van der Waals surface area contributed by atoms with Crippen LogP contribution in [0.1, 0.15) is 96.8 Å². The molecule has 0 aromatic carbocycles. The molecule has 0 aromatic rings. The molecule has 0 saturated heterocycles. The number of unbranched alkanes of at least 4 members (excludes halogenated alkanes) is 11. The summed E-state index contributed by atoms with van der Waals surface area (Å²) in [7, 11) is 0. The summed E-state index contributed by atoms with van der Waals surface area (Å²) in [6.45, 7) is 2.25. The van der Waals surface area contributed by atoms with Crippen LogP contribution in [0.4, 0.5) is 0 Å². The van der Waals surface area contributed by atoms with Crippen LogP contribution in [0.3, 0.4) is 0 Å². The smallest absolute Gasteiger partial charge is 0.307 e. The van der Waals surface area contributed by atoms with Gasteiger partial charge in [-0.2, -0.15) is 0 Å². The van der Waals surface area contributed by atoms with Gasteiger partial charge in [0, 0.05) is 0 Å². The van der Waals surface area contributed by atoms with Gasteiger partial charge in [-0.15, -0.1) is 0 Å². The number of rotatable bonds is 17. The normalized spacial score (nSPS) is 12.5. The molecule has 4 nitrogen and oxygen atoms in total. The highest BCUT2D eigenvalue weighted by atomic mass is 16.4. The number of allylic oxidation sites excluding steroid dienone is 2. The van der Waals surface area contributed by atoms with Gasteiger partial charge in [0.2, 0.25) is 0 Å². The first-order valence-corrected chi connectivity index (χ1v) is 9.67. The largest absolute Gasteiger partial charge is 0.481 e. The Hall–Kier alpha value is -1.32. The van der Waals surface area contributed by atoms with E-state index in [0.29, 0.717) is 6.42 Å². The minimum Gasteiger partial charge on any atom is -0.481 e. The first-order valence-electron chi connectivity index (χ1n) is 9.67. The van der Waals surface area contributed by atoms with Crippen LogP contribution in [-0.4, -0.2) is 22.2 Å². The fourth-order valence-corrected chi connectivity index (χ4v) is 2.79. The highest BCUT2D eigenvalue weighted by Crippen LogP contribution is 2.13. The van der Waals surface area contributed by atoms with Crippen LogP contribution in [0.2, 0.25) is 0 Å². The van der Waals surface area contributed by atoms with Crippen molar-refractivity contribution < 1.29 is 19.8 Å². The molecule has 0 aliphatic carbocycles. The number of aliphatic carboxylic acids is 2. The average molecular weight is 341 g/mol. The van der Waals surface area contributed by atoms with Crippen LogP contribution in [-0.2, 0) is 9.59 Å². The van der Waals surface area contributed by atoms with Crippen molar-refractivity contribution in [2.45, 2.75) is 96.8 Å². The maximum Gasteiger partial charge on any atom is 0.307 e. The van der Waals surface area contributed by atoms with Crippen molar-refractivity contribution in [1.82, 2.24) is 0 Å². The lowest BCUT2D eigenvalue weighted by atomic mass is 10.0. The molecule has 2 N–H and O–H groups in total. The summed E-state index contributed by atoms with van der Waals surface area (Å²) in [5.41, 5.74) is 0. The highest BCUT2D eigenvalue weighted by molar-refractivity contribution is 5.77. The van der Waals surface area contributed by atoms with Crippen molar-refractivity contribution in [2.24, 2.45) is 5.92 Å². The molecule has 1 atom stereocenters. The van der Waals surface area contributed by atoms with E-state index in [1.54, 1.807) is 0 Å². The monoisotopic (exact) mass is 340 g/mol. The quantitative estimate of drug-likeness (QED) is 0.259. The van der Waals surface area contributed by atoms with Gasteiger partial charge in [0.15, 0.2) is 0 Å². The van der Waals surface area contributed by atoms with Gasteiger partial charge in [-0.1, -0.05) is 83.3 Å². The summed E-state index contributed by atoms with van der Waals surface area (Å²) in [5, 5.41) is 17.6. The zero-order chi connectivity index (χ0) is 18.0. The zero-order valence-corrected chi connectivity index (χ0v) is 15.3. The van der Waals surface area contributed by atoms with Crippen LogP contribution in [0, 0.1) is 5.92 Å². The van der Waals surface area contributed by atoms with Crippen LogP contribution in [0.5, 0.6) is 0 Å². The van der Waals surface area contributed by atoms with Gasteiger partial charge in [0.25, 0.3) is 0 Å². The maximum atomic E-state index is 10.9. The van der Waals surface area contributed by atoms with Crippen molar-refractivity contribution in [3.05, 3.63) is 12.2 Å². The lowest BCUT2D eigenvalue weighted by Crippen LogP contribution is -2.16. The minimum absolute atomic E-state index is 0.305. The van der Waals surface area contributed by atoms with E-state index >= 15 is 0 Å². The number of carboxylic acid groups (broad SMARTS) is 2. The summed E-state index contributed by atoms with van der Waals surface area (Å²) in [6.07, 6.45) is 19.2. The van der Waals surface area contributed by atoms with Gasteiger partial charge in [0.05, 0.1) is 12.3 Å². The Balaban J connectivity index is 3.42. The molecule has 0 rings (SSSR count). The fourth-order valence-electron chi connectivity index (χ4n) is 2.79. The molecule has 0 saturated carbocycles. The summed E-state index contributed by atoms with van der Waals surface area (Å²) in [6, 6.07) is 0. The van der Waals surface area contributed by atoms with Crippen LogP contribution in [0.15, 0.2) is 12.2 Å². The summed E-state index contributed by atoms with van der Waals surface area (Å²) in [5.74, 6) is -2.89. The minimum atomic E-state index is -1.05. The van der Waals surface area contributed by atoms with E-state index in [0.717, 1.165) is 12.8 Å². The molecular weight excluding hydrogens is 304 g/mol. The molecular formula is C20H36O4. The maximum absolute atomic E-state index is 10.9. The Morgan fingerprint density at radius 1 is 0.792 bits per heavy atom. The molecule has 4 heteroatoms. The van der Waals surface area contributed by atoms with E-state index in [1.165, 1.54) is 64.2 Å². The van der Waals surface area contributed by atoms with E-state index in [1.807, 2.05) is 12.2 Å². The van der Waals surface area contributed by atoms with E-state index in [4.69, 9.17) is 10.2 Å². The predicted molar refractivity (Wildman–Crippen MR) is 98.2 cm³/mol. The third-order valence-corrected chi connectivity index (χ3v) is 4.33. The SMILES string of the molecule is CCCCCCCCCCCCCC=CCC(CC(=O)O)C(=O)O. The summed E-state index contributed by atoms with van der Waals surface area (Å²) < 4.78 is 0.